The zero-order chi connectivity index (χ0) is 12.3. The second-order valence-corrected chi connectivity index (χ2v) is 5.02. The summed E-state index contributed by atoms with van der Waals surface area (Å²) in [6, 6.07) is 6.96. The molecule has 4 heteroatoms. The molecule has 1 atom stereocenters. The van der Waals surface area contributed by atoms with E-state index in [1.807, 2.05) is 0 Å². The Balaban J connectivity index is 1.84. The van der Waals surface area contributed by atoms with Crippen molar-refractivity contribution in [3.63, 3.8) is 0 Å². The molecule has 1 saturated carbocycles. The maximum absolute atomic E-state index is 13.2. The molecule has 0 saturated heterocycles. The van der Waals surface area contributed by atoms with E-state index in [1.165, 1.54) is 0 Å². The zero-order valence-corrected chi connectivity index (χ0v) is 10.2. The molecule has 17 heavy (non-hydrogen) atoms. The first-order chi connectivity index (χ1) is 8.05. The monoisotopic (exact) mass is 260 g/mol. The van der Waals surface area contributed by atoms with E-state index in [9.17, 15) is 8.78 Å². The predicted octanol–water partition coefficient (Wildman–Crippen LogP) is 4.54. The van der Waals surface area contributed by atoms with Crippen molar-refractivity contribution in [3.05, 3.63) is 29.3 Å². The SMILES string of the molecule is FC1(F)CCCC(COc2ccc(Cl)cc2)C1. The molecular weight excluding hydrogens is 246 g/mol. The number of ether oxygens (including phenoxy) is 1. The highest BCUT2D eigenvalue weighted by atomic mass is 35.5. The van der Waals surface area contributed by atoms with E-state index in [2.05, 4.69) is 0 Å². The van der Waals surface area contributed by atoms with Crippen LogP contribution in [0.1, 0.15) is 25.7 Å². The molecule has 1 fully saturated rings. The van der Waals surface area contributed by atoms with E-state index in [4.69, 9.17) is 16.3 Å². The largest absolute Gasteiger partial charge is 0.493 e. The third-order valence-electron chi connectivity index (χ3n) is 3.04. The number of alkyl halides is 2. The number of hydrogen-bond donors (Lipinski definition) is 0. The molecule has 1 unspecified atom stereocenters. The van der Waals surface area contributed by atoms with Crippen molar-refractivity contribution in [2.75, 3.05) is 6.61 Å². The Hall–Kier alpha value is -0.830. The molecular formula is C13H15ClF2O. The predicted molar refractivity (Wildman–Crippen MR) is 63.9 cm³/mol. The van der Waals surface area contributed by atoms with Gasteiger partial charge in [-0.3, -0.25) is 0 Å². The molecule has 1 nitrogen and oxygen atoms in total. The average molecular weight is 261 g/mol. The van der Waals surface area contributed by atoms with Crippen LogP contribution < -0.4 is 4.74 Å². The van der Waals surface area contributed by atoms with Gasteiger partial charge < -0.3 is 4.74 Å². The standard InChI is InChI=1S/C13H15ClF2O/c14-11-3-5-12(6-4-11)17-9-10-2-1-7-13(15,16)8-10/h3-6,10H,1-2,7-9H2. The Labute approximate surface area is 105 Å². The Morgan fingerprint density at radius 2 is 2.00 bits per heavy atom. The summed E-state index contributed by atoms with van der Waals surface area (Å²) in [5.41, 5.74) is 0. The molecule has 1 aliphatic carbocycles. The number of halogens is 3. The summed E-state index contributed by atoms with van der Waals surface area (Å²) in [5.74, 6) is -1.87. The molecule has 0 heterocycles. The van der Waals surface area contributed by atoms with Crippen LogP contribution in [-0.2, 0) is 0 Å². The van der Waals surface area contributed by atoms with E-state index >= 15 is 0 Å². The summed E-state index contributed by atoms with van der Waals surface area (Å²) in [6.45, 7) is 0.358. The van der Waals surface area contributed by atoms with Crippen LogP contribution in [0, 0.1) is 5.92 Å². The highest BCUT2D eigenvalue weighted by Gasteiger charge is 2.36. The third kappa shape index (κ3) is 3.84. The van der Waals surface area contributed by atoms with Gasteiger partial charge in [0.15, 0.2) is 0 Å². The van der Waals surface area contributed by atoms with Gasteiger partial charge in [-0.2, -0.15) is 0 Å². The minimum atomic E-state index is -2.51. The zero-order valence-electron chi connectivity index (χ0n) is 9.46. The van der Waals surface area contributed by atoms with Gasteiger partial charge in [-0.25, -0.2) is 8.78 Å². The third-order valence-corrected chi connectivity index (χ3v) is 3.29. The molecule has 1 aliphatic rings. The smallest absolute Gasteiger partial charge is 0.248 e. The van der Waals surface area contributed by atoms with Crippen LogP contribution in [0.5, 0.6) is 5.75 Å². The number of hydrogen-bond acceptors (Lipinski definition) is 1. The quantitative estimate of drug-likeness (QED) is 0.775. The molecule has 1 aromatic rings. The number of benzene rings is 1. The van der Waals surface area contributed by atoms with Gasteiger partial charge >= 0.3 is 0 Å². The Morgan fingerprint density at radius 3 is 2.65 bits per heavy atom. The van der Waals surface area contributed by atoms with E-state index in [1.54, 1.807) is 24.3 Å². The van der Waals surface area contributed by atoms with Crippen LogP contribution >= 0.6 is 11.6 Å². The molecule has 1 aromatic carbocycles. The van der Waals surface area contributed by atoms with Crippen LogP contribution in [-0.4, -0.2) is 12.5 Å². The molecule has 0 amide bonds. The van der Waals surface area contributed by atoms with Crippen molar-refractivity contribution < 1.29 is 13.5 Å². The van der Waals surface area contributed by atoms with Gasteiger partial charge in [0.25, 0.3) is 0 Å². The Bertz CT molecular complexity index is 364. The Kier molecular flexibility index (Phi) is 3.87. The van der Waals surface area contributed by atoms with Crippen molar-refractivity contribution in [1.29, 1.82) is 0 Å². The molecule has 0 N–H and O–H groups in total. The normalized spacial score (nSPS) is 23.4. The molecule has 0 spiro atoms. The van der Waals surface area contributed by atoms with Crippen LogP contribution in [0.25, 0.3) is 0 Å². The second-order valence-electron chi connectivity index (χ2n) is 4.58. The second kappa shape index (κ2) is 5.21. The van der Waals surface area contributed by atoms with Gasteiger partial charge in [0.1, 0.15) is 5.75 Å². The summed E-state index contributed by atoms with van der Waals surface area (Å²) in [4.78, 5) is 0. The van der Waals surface area contributed by atoms with E-state index in [-0.39, 0.29) is 18.8 Å². The molecule has 0 aromatic heterocycles. The fourth-order valence-corrected chi connectivity index (χ4v) is 2.29. The van der Waals surface area contributed by atoms with E-state index < -0.39 is 5.92 Å². The topological polar surface area (TPSA) is 9.23 Å². The molecule has 0 bridgehead atoms. The van der Waals surface area contributed by atoms with E-state index in [0.29, 0.717) is 23.8 Å². The van der Waals surface area contributed by atoms with Gasteiger partial charge in [0.05, 0.1) is 6.61 Å². The van der Waals surface area contributed by atoms with Gasteiger partial charge in [-0.1, -0.05) is 11.6 Å². The minimum absolute atomic E-state index is 0.0183. The fourth-order valence-electron chi connectivity index (χ4n) is 2.16. The molecule has 2 rings (SSSR count). The van der Waals surface area contributed by atoms with Crippen LogP contribution in [0.4, 0.5) is 8.78 Å². The average Bonchev–Trinajstić information content (AvgIpc) is 2.27. The van der Waals surface area contributed by atoms with E-state index in [0.717, 1.165) is 6.42 Å². The fraction of sp³-hybridized carbons (Fsp3) is 0.538. The van der Waals surface area contributed by atoms with Crippen molar-refractivity contribution in [2.24, 2.45) is 5.92 Å². The number of rotatable bonds is 3. The lowest BCUT2D eigenvalue weighted by molar-refractivity contribution is -0.0585. The van der Waals surface area contributed by atoms with Crippen molar-refractivity contribution in [1.82, 2.24) is 0 Å². The maximum atomic E-state index is 13.2. The summed E-state index contributed by atoms with van der Waals surface area (Å²) in [5, 5.41) is 0.640. The van der Waals surface area contributed by atoms with Gasteiger partial charge in [-0.05, 0) is 43.0 Å². The van der Waals surface area contributed by atoms with Gasteiger partial charge in [0.2, 0.25) is 5.92 Å². The lowest BCUT2D eigenvalue weighted by Crippen LogP contribution is -2.29. The van der Waals surface area contributed by atoms with Crippen LogP contribution in [0.15, 0.2) is 24.3 Å². The first-order valence-electron chi connectivity index (χ1n) is 5.81. The summed E-state index contributed by atoms with van der Waals surface area (Å²) >= 11 is 5.74. The molecule has 0 radical (unpaired) electrons. The first kappa shape index (κ1) is 12.6. The molecule has 94 valence electrons. The van der Waals surface area contributed by atoms with Crippen molar-refractivity contribution in [3.8, 4) is 5.75 Å². The minimum Gasteiger partial charge on any atom is -0.493 e. The lowest BCUT2D eigenvalue weighted by Gasteiger charge is -2.28. The highest BCUT2D eigenvalue weighted by molar-refractivity contribution is 6.30. The van der Waals surface area contributed by atoms with Crippen LogP contribution in [0.3, 0.4) is 0 Å². The van der Waals surface area contributed by atoms with Gasteiger partial charge in [-0.15, -0.1) is 0 Å². The summed E-state index contributed by atoms with van der Waals surface area (Å²) in [7, 11) is 0. The maximum Gasteiger partial charge on any atom is 0.248 e. The first-order valence-corrected chi connectivity index (χ1v) is 6.19. The lowest BCUT2D eigenvalue weighted by atomic mass is 9.87. The highest BCUT2D eigenvalue weighted by Crippen LogP contribution is 2.36. The summed E-state index contributed by atoms with van der Waals surface area (Å²) < 4.78 is 31.8. The van der Waals surface area contributed by atoms with Gasteiger partial charge in [0, 0.05) is 17.9 Å². The van der Waals surface area contributed by atoms with Crippen molar-refractivity contribution >= 4 is 11.6 Å². The van der Waals surface area contributed by atoms with Crippen LogP contribution in [0.2, 0.25) is 5.02 Å². The Morgan fingerprint density at radius 1 is 1.29 bits per heavy atom. The summed E-state index contributed by atoms with van der Waals surface area (Å²) in [6.07, 6.45) is 1.37. The van der Waals surface area contributed by atoms with Crippen molar-refractivity contribution in [2.45, 2.75) is 31.6 Å². The molecule has 0 aliphatic heterocycles.